The molecule has 90 valence electrons. The minimum atomic E-state index is -0.255. The summed E-state index contributed by atoms with van der Waals surface area (Å²) >= 11 is 0. The average molecular weight is 216 g/mol. The maximum atomic E-state index is 9.64. The van der Waals surface area contributed by atoms with Crippen LogP contribution in [0.25, 0.3) is 0 Å². The maximum absolute atomic E-state index is 9.64. The fraction of sp³-hybridized carbons (Fsp3) is 1.00. The molecule has 0 aromatic carbocycles. The fourth-order valence-electron chi connectivity index (χ4n) is 1.88. The van der Waals surface area contributed by atoms with Gasteiger partial charge in [0.05, 0.1) is 25.4 Å². The third kappa shape index (κ3) is 5.50. The standard InChI is InChI=1S/C12H24O3/c1-2-3-8-14-9-10-15-12-7-5-4-6-11(12)13/h11-13H,2-10H2,1H3. The number of ether oxygens (including phenoxy) is 2. The quantitative estimate of drug-likeness (QED) is 0.662. The van der Waals surface area contributed by atoms with E-state index >= 15 is 0 Å². The third-order valence-corrected chi connectivity index (χ3v) is 2.87. The highest BCUT2D eigenvalue weighted by atomic mass is 16.5. The van der Waals surface area contributed by atoms with E-state index in [1.54, 1.807) is 0 Å². The lowest BCUT2D eigenvalue weighted by Gasteiger charge is -2.27. The van der Waals surface area contributed by atoms with Crippen molar-refractivity contribution >= 4 is 0 Å². The highest BCUT2D eigenvalue weighted by molar-refractivity contribution is 4.74. The Hall–Kier alpha value is -0.120. The highest BCUT2D eigenvalue weighted by Gasteiger charge is 2.23. The zero-order chi connectivity index (χ0) is 10.9. The predicted octanol–water partition coefficient (Wildman–Crippen LogP) is 2.12. The molecule has 1 N–H and O–H groups in total. The van der Waals surface area contributed by atoms with E-state index in [0.29, 0.717) is 13.2 Å². The Morgan fingerprint density at radius 1 is 1.13 bits per heavy atom. The van der Waals surface area contributed by atoms with Crippen LogP contribution in [0.3, 0.4) is 0 Å². The van der Waals surface area contributed by atoms with Crippen LogP contribution in [0.1, 0.15) is 45.4 Å². The van der Waals surface area contributed by atoms with Crippen LogP contribution in [0.4, 0.5) is 0 Å². The smallest absolute Gasteiger partial charge is 0.0835 e. The Morgan fingerprint density at radius 2 is 1.93 bits per heavy atom. The van der Waals surface area contributed by atoms with Crippen molar-refractivity contribution in [3.8, 4) is 0 Å². The van der Waals surface area contributed by atoms with Crippen LogP contribution in [0.2, 0.25) is 0 Å². The van der Waals surface area contributed by atoms with Crippen molar-refractivity contribution in [3.63, 3.8) is 0 Å². The first-order chi connectivity index (χ1) is 7.34. The van der Waals surface area contributed by atoms with E-state index in [9.17, 15) is 5.11 Å². The SMILES string of the molecule is CCCCOCCOC1CCCCC1O. The molecule has 0 spiro atoms. The first kappa shape index (κ1) is 12.9. The highest BCUT2D eigenvalue weighted by Crippen LogP contribution is 2.20. The largest absolute Gasteiger partial charge is 0.390 e. The van der Waals surface area contributed by atoms with Gasteiger partial charge in [0, 0.05) is 6.61 Å². The van der Waals surface area contributed by atoms with Crippen molar-refractivity contribution in [2.75, 3.05) is 19.8 Å². The molecule has 0 aromatic heterocycles. The summed E-state index contributed by atoms with van der Waals surface area (Å²) in [7, 11) is 0. The molecule has 1 rings (SSSR count). The lowest BCUT2D eigenvalue weighted by Crippen LogP contribution is -2.33. The summed E-state index contributed by atoms with van der Waals surface area (Å²) in [6, 6.07) is 0. The molecule has 3 heteroatoms. The van der Waals surface area contributed by atoms with E-state index in [2.05, 4.69) is 6.92 Å². The van der Waals surface area contributed by atoms with Crippen molar-refractivity contribution in [2.24, 2.45) is 0 Å². The molecule has 0 saturated heterocycles. The molecule has 1 aliphatic rings. The molecule has 1 fully saturated rings. The van der Waals surface area contributed by atoms with Crippen LogP contribution >= 0.6 is 0 Å². The summed E-state index contributed by atoms with van der Waals surface area (Å²) < 4.78 is 11.0. The molecule has 0 heterocycles. The van der Waals surface area contributed by atoms with Gasteiger partial charge in [0.2, 0.25) is 0 Å². The van der Waals surface area contributed by atoms with E-state index in [0.717, 1.165) is 32.3 Å². The number of hydrogen-bond donors (Lipinski definition) is 1. The van der Waals surface area contributed by atoms with Crippen molar-refractivity contribution in [2.45, 2.75) is 57.7 Å². The van der Waals surface area contributed by atoms with Gasteiger partial charge in [-0.2, -0.15) is 0 Å². The Bertz CT molecular complexity index is 150. The molecule has 15 heavy (non-hydrogen) atoms. The van der Waals surface area contributed by atoms with E-state index < -0.39 is 0 Å². The molecule has 0 aliphatic heterocycles. The molecule has 0 aromatic rings. The minimum Gasteiger partial charge on any atom is -0.390 e. The Kier molecular flexibility index (Phi) is 6.98. The van der Waals surface area contributed by atoms with Gasteiger partial charge in [-0.15, -0.1) is 0 Å². The first-order valence-electron chi connectivity index (χ1n) is 6.22. The molecular weight excluding hydrogens is 192 g/mol. The Labute approximate surface area is 92.8 Å². The average Bonchev–Trinajstić information content (AvgIpc) is 2.25. The fourth-order valence-corrected chi connectivity index (χ4v) is 1.88. The summed E-state index contributed by atoms with van der Waals surface area (Å²) in [6.45, 7) is 4.25. The summed E-state index contributed by atoms with van der Waals surface area (Å²) in [4.78, 5) is 0. The van der Waals surface area contributed by atoms with E-state index in [-0.39, 0.29) is 12.2 Å². The van der Waals surface area contributed by atoms with Crippen LogP contribution in [0.15, 0.2) is 0 Å². The van der Waals surface area contributed by atoms with Gasteiger partial charge < -0.3 is 14.6 Å². The molecule has 0 amide bonds. The topological polar surface area (TPSA) is 38.7 Å². The van der Waals surface area contributed by atoms with Gasteiger partial charge in [0.25, 0.3) is 0 Å². The van der Waals surface area contributed by atoms with Gasteiger partial charge in [0.15, 0.2) is 0 Å². The van der Waals surface area contributed by atoms with Gasteiger partial charge in [0.1, 0.15) is 0 Å². The Balaban J connectivity index is 1.94. The molecule has 1 aliphatic carbocycles. The summed E-state index contributed by atoms with van der Waals surface area (Å²) in [5.41, 5.74) is 0. The molecular formula is C12H24O3. The minimum absolute atomic E-state index is 0.0496. The van der Waals surface area contributed by atoms with Gasteiger partial charge in [-0.05, 0) is 19.3 Å². The van der Waals surface area contributed by atoms with Crippen molar-refractivity contribution in [1.82, 2.24) is 0 Å². The van der Waals surface area contributed by atoms with E-state index in [4.69, 9.17) is 9.47 Å². The van der Waals surface area contributed by atoms with Crippen molar-refractivity contribution in [1.29, 1.82) is 0 Å². The first-order valence-corrected chi connectivity index (χ1v) is 6.22. The number of unbranched alkanes of at least 4 members (excludes halogenated alkanes) is 1. The van der Waals surface area contributed by atoms with Gasteiger partial charge in [-0.1, -0.05) is 26.2 Å². The number of aliphatic hydroxyl groups excluding tert-OH is 1. The summed E-state index contributed by atoms with van der Waals surface area (Å²) in [5.74, 6) is 0. The molecule has 0 radical (unpaired) electrons. The van der Waals surface area contributed by atoms with E-state index in [1.807, 2.05) is 0 Å². The normalized spacial score (nSPS) is 26.8. The van der Waals surface area contributed by atoms with E-state index in [1.165, 1.54) is 12.8 Å². The molecule has 2 atom stereocenters. The predicted molar refractivity (Wildman–Crippen MR) is 59.9 cm³/mol. The van der Waals surface area contributed by atoms with Gasteiger partial charge >= 0.3 is 0 Å². The summed E-state index contributed by atoms with van der Waals surface area (Å²) in [5, 5.41) is 9.64. The van der Waals surface area contributed by atoms with Crippen molar-refractivity contribution < 1.29 is 14.6 Å². The Morgan fingerprint density at radius 3 is 2.67 bits per heavy atom. The lowest BCUT2D eigenvalue weighted by molar-refractivity contribution is -0.0735. The number of rotatable bonds is 7. The second kappa shape index (κ2) is 8.08. The monoisotopic (exact) mass is 216 g/mol. The number of hydrogen-bond acceptors (Lipinski definition) is 3. The second-order valence-corrected chi connectivity index (χ2v) is 4.23. The molecule has 2 unspecified atom stereocenters. The zero-order valence-electron chi connectivity index (χ0n) is 9.78. The second-order valence-electron chi connectivity index (χ2n) is 4.23. The van der Waals surface area contributed by atoms with Crippen LogP contribution in [-0.2, 0) is 9.47 Å². The molecule has 0 bridgehead atoms. The molecule has 3 nitrogen and oxygen atoms in total. The van der Waals surface area contributed by atoms with Crippen LogP contribution < -0.4 is 0 Å². The maximum Gasteiger partial charge on any atom is 0.0835 e. The van der Waals surface area contributed by atoms with Gasteiger partial charge in [-0.3, -0.25) is 0 Å². The van der Waals surface area contributed by atoms with Crippen LogP contribution in [-0.4, -0.2) is 37.1 Å². The van der Waals surface area contributed by atoms with Gasteiger partial charge in [-0.25, -0.2) is 0 Å². The summed E-state index contributed by atoms with van der Waals surface area (Å²) in [6.07, 6.45) is 6.28. The lowest BCUT2D eigenvalue weighted by atomic mass is 9.95. The number of aliphatic hydroxyl groups is 1. The zero-order valence-corrected chi connectivity index (χ0v) is 9.78. The van der Waals surface area contributed by atoms with Crippen LogP contribution in [0.5, 0.6) is 0 Å². The van der Waals surface area contributed by atoms with Crippen molar-refractivity contribution in [3.05, 3.63) is 0 Å². The third-order valence-electron chi connectivity index (χ3n) is 2.87. The van der Waals surface area contributed by atoms with Crippen LogP contribution in [0, 0.1) is 0 Å². The molecule has 1 saturated carbocycles.